The first-order valence-electron chi connectivity index (χ1n) is 6.59. The zero-order valence-corrected chi connectivity index (χ0v) is 12.9. The van der Waals surface area contributed by atoms with E-state index in [0.29, 0.717) is 5.92 Å². The lowest BCUT2D eigenvalue weighted by Gasteiger charge is -2.20. The number of nitrogens with zero attached hydrogens (tertiary/aromatic N) is 1. The molecule has 3 rings (SSSR count). The zero-order chi connectivity index (χ0) is 13.2. The monoisotopic (exact) mass is 364 g/mol. The molecule has 98 valence electrons. The Labute approximate surface area is 127 Å². The second-order valence-corrected chi connectivity index (χ2v) is 6.22. The molecule has 0 spiro atoms. The molecule has 2 nitrogen and oxygen atoms in total. The van der Waals surface area contributed by atoms with Gasteiger partial charge in [0.15, 0.2) is 0 Å². The predicted octanol–water partition coefficient (Wildman–Crippen LogP) is 3.87. The van der Waals surface area contributed by atoms with Crippen LogP contribution in [-0.4, -0.2) is 13.1 Å². The highest BCUT2D eigenvalue weighted by atomic mass is 127. The van der Waals surface area contributed by atoms with Gasteiger partial charge in [-0.2, -0.15) is 0 Å². The SMILES string of the molecule is Nc1ccc(N2CCC(c3ccccc3)C2)c(I)c1. The highest BCUT2D eigenvalue weighted by molar-refractivity contribution is 14.1. The van der Waals surface area contributed by atoms with Crippen LogP contribution in [0.15, 0.2) is 48.5 Å². The van der Waals surface area contributed by atoms with Crippen LogP contribution in [-0.2, 0) is 0 Å². The molecule has 1 heterocycles. The van der Waals surface area contributed by atoms with Crippen molar-refractivity contribution in [1.82, 2.24) is 0 Å². The highest BCUT2D eigenvalue weighted by Crippen LogP contribution is 2.33. The summed E-state index contributed by atoms with van der Waals surface area (Å²) in [4.78, 5) is 2.47. The van der Waals surface area contributed by atoms with Gasteiger partial charge < -0.3 is 10.6 Å². The first kappa shape index (κ1) is 12.8. The van der Waals surface area contributed by atoms with Crippen molar-refractivity contribution >= 4 is 34.0 Å². The van der Waals surface area contributed by atoms with E-state index in [0.717, 1.165) is 18.8 Å². The van der Waals surface area contributed by atoms with Crippen LogP contribution in [0.5, 0.6) is 0 Å². The van der Waals surface area contributed by atoms with Crippen LogP contribution in [0.1, 0.15) is 17.9 Å². The third-order valence-electron chi connectivity index (χ3n) is 3.77. The summed E-state index contributed by atoms with van der Waals surface area (Å²) >= 11 is 2.38. The molecule has 0 bridgehead atoms. The van der Waals surface area contributed by atoms with E-state index in [-0.39, 0.29) is 0 Å². The van der Waals surface area contributed by atoms with Crippen LogP contribution in [0.3, 0.4) is 0 Å². The Morgan fingerprint density at radius 2 is 1.89 bits per heavy atom. The molecule has 0 amide bonds. The van der Waals surface area contributed by atoms with E-state index in [1.807, 2.05) is 12.1 Å². The van der Waals surface area contributed by atoms with E-state index in [2.05, 4.69) is 63.9 Å². The minimum Gasteiger partial charge on any atom is -0.399 e. The second-order valence-electron chi connectivity index (χ2n) is 5.05. The summed E-state index contributed by atoms with van der Waals surface area (Å²) in [7, 11) is 0. The highest BCUT2D eigenvalue weighted by Gasteiger charge is 2.24. The summed E-state index contributed by atoms with van der Waals surface area (Å²) in [5, 5.41) is 0. The van der Waals surface area contributed by atoms with E-state index < -0.39 is 0 Å². The standard InChI is InChI=1S/C16H17IN2/c17-15-10-14(18)6-7-16(15)19-9-8-13(11-19)12-4-2-1-3-5-12/h1-7,10,13H,8-9,11,18H2. The van der Waals surface area contributed by atoms with Gasteiger partial charge in [-0.15, -0.1) is 0 Å². The first-order valence-corrected chi connectivity index (χ1v) is 7.67. The molecular weight excluding hydrogens is 347 g/mol. The summed E-state index contributed by atoms with van der Waals surface area (Å²) in [5.74, 6) is 0.648. The Bertz CT molecular complexity index is 568. The summed E-state index contributed by atoms with van der Waals surface area (Å²) in [6, 6.07) is 17.0. The fraction of sp³-hybridized carbons (Fsp3) is 0.250. The Morgan fingerprint density at radius 3 is 2.63 bits per heavy atom. The molecule has 3 heteroatoms. The fourth-order valence-electron chi connectivity index (χ4n) is 2.76. The van der Waals surface area contributed by atoms with Gasteiger partial charge in [0.1, 0.15) is 0 Å². The van der Waals surface area contributed by atoms with E-state index >= 15 is 0 Å². The van der Waals surface area contributed by atoms with Gasteiger partial charge in [0.2, 0.25) is 0 Å². The van der Waals surface area contributed by atoms with Crippen molar-refractivity contribution in [2.75, 3.05) is 23.7 Å². The van der Waals surface area contributed by atoms with E-state index in [1.165, 1.54) is 21.2 Å². The van der Waals surface area contributed by atoms with Gasteiger partial charge in [-0.1, -0.05) is 30.3 Å². The number of hydrogen-bond donors (Lipinski definition) is 1. The minimum atomic E-state index is 0.648. The number of benzene rings is 2. The molecule has 0 radical (unpaired) electrons. The van der Waals surface area contributed by atoms with E-state index in [9.17, 15) is 0 Å². The molecule has 0 aromatic heterocycles. The second kappa shape index (κ2) is 5.41. The zero-order valence-electron chi connectivity index (χ0n) is 10.7. The van der Waals surface area contributed by atoms with E-state index in [1.54, 1.807) is 0 Å². The molecule has 1 aliphatic rings. The topological polar surface area (TPSA) is 29.3 Å². The van der Waals surface area contributed by atoms with Crippen LogP contribution in [0.2, 0.25) is 0 Å². The van der Waals surface area contributed by atoms with Crippen LogP contribution in [0, 0.1) is 3.57 Å². The smallest absolute Gasteiger partial charge is 0.0503 e. The molecule has 1 unspecified atom stereocenters. The molecule has 2 N–H and O–H groups in total. The Hall–Kier alpha value is -1.23. The molecule has 1 aliphatic heterocycles. The van der Waals surface area contributed by atoms with Gasteiger partial charge in [-0.25, -0.2) is 0 Å². The lowest BCUT2D eigenvalue weighted by Crippen LogP contribution is -2.20. The summed E-state index contributed by atoms with van der Waals surface area (Å²) in [6.07, 6.45) is 1.23. The summed E-state index contributed by atoms with van der Waals surface area (Å²) in [5.41, 5.74) is 9.43. The molecule has 1 fully saturated rings. The molecule has 2 aromatic rings. The largest absolute Gasteiger partial charge is 0.399 e. The number of rotatable bonds is 2. The van der Waals surface area contributed by atoms with Gasteiger partial charge >= 0.3 is 0 Å². The Morgan fingerprint density at radius 1 is 1.11 bits per heavy atom. The van der Waals surface area contributed by atoms with Crippen LogP contribution in [0.25, 0.3) is 0 Å². The molecule has 0 aliphatic carbocycles. The van der Waals surface area contributed by atoms with Gasteiger partial charge in [0, 0.05) is 28.3 Å². The van der Waals surface area contributed by atoms with Gasteiger partial charge in [0.05, 0.1) is 5.69 Å². The predicted molar refractivity (Wildman–Crippen MR) is 89.6 cm³/mol. The Balaban J connectivity index is 1.79. The molecule has 1 saturated heterocycles. The quantitative estimate of drug-likeness (QED) is 0.648. The van der Waals surface area contributed by atoms with Gasteiger partial charge in [-0.3, -0.25) is 0 Å². The number of hydrogen-bond acceptors (Lipinski definition) is 2. The maximum absolute atomic E-state index is 5.82. The third-order valence-corrected chi connectivity index (χ3v) is 4.64. The number of nitrogens with two attached hydrogens (primary N) is 1. The van der Waals surface area contributed by atoms with Gasteiger partial charge in [-0.05, 0) is 52.8 Å². The number of nitrogen functional groups attached to an aromatic ring is 1. The molecular formula is C16H17IN2. The average Bonchev–Trinajstić information content (AvgIpc) is 2.89. The lowest BCUT2D eigenvalue weighted by molar-refractivity contribution is 0.775. The maximum Gasteiger partial charge on any atom is 0.0503 e. The normalized spacial score (nSPS) is 18.8. The summed E-state index contributed by atoms with van der Waals surface area (Å²) < 4.78 is 1.24. The fourth-order valence-corrected chi connectivity index (χ4v) is 3.64. The minimum absolute atomic E-state index is 0.648. The average molecular weight is 364 g/mol. The molecule has 0 saturated carbocycles. The molecule has 19 heavy (non-hydrogen) atoms. The van der Waals surface area contributed by atoms with Crippen molar-refractivity contribution in [3.05, 3.63) is 57.7 Å². The number of anilines is 2. The van der Waals surface area contributed by atoms with Gasteiger partial charge in [0.25, 0.3) is 0 Å². The molecule has 2 aromatic carbocycles. The number of halogens is 1. The lowest BCUT2D eigenvalue weighted by atomic mass is 9.99. The van der Waals surface area contributed by atoms with Crippen molar-refractivity contribution < 1.29 is 0 Å². The van der Waals surface area contributed by atoms with Crippen LogP contribution in [0.4, 0.5) is 11.4 Å². The summed E-state index contributed by atoms with van der Waals surface area (Å²) in [6.45, 7) is 2.23. The van der Waals surface area contributed by atoms with Crippen LogP contribution < -0.4 is 10.6 Å². The van der Waals surface area contributed by atoms with Crippen molar-refractivity contribution in [3.8, 4) is 0 Å². The Kier molecular flexibility index (Phi) is 3.64. The van der Waals surface area contributed by atoms with Crippen LogP contribution >= 0.6 is 22.6 Å². The van der Waals surface area contributed by atoms with E-state index in [4.69, 9.17) is 5.73 Å². The van der Waals surface area contributed by atoms with Crippen molar-refractivity contribution in [2.45, 2.75) is 12.3 Å². The molecule has 1 atom stereocenters. The first-order chi connectivity index (χ1) is 9.24. The van der Waals surface area contributed by atoms with Crippen molar-refractivity contribution in [1.29, 1.82) is 0 Å². The van der Waals surface area contributed by atoms with Crippen molar-refractivity contribution in [2.24, 2.45) is 0 Å². The maximum atomic E-state index is 5.82. The third kappa shape index (κ3) is 2.71. The van der Waals surface area contributed by atoms with Crippen molar-refractivity contribution in [3.63, 3.8) is 0 Å².